The van der Waals surface area contributed by atoms with Gasteiger partial charge in [0.1, 0.15) is 0 Å². The predicted octanol–water partition coefficient (Wildman–Crippen LogP) is 1.42. The number of hydrogen-bond acceptors (Lipinski definition) is 5. The van der Waals surface area contributed by atoms with Gasteiger partial charge in [-0.1, -0.05) is 13.0 Å². The van der Waals surface area contributed by atoms with Crippen LogP contribution in [0.5, 0.6) is 0 Å². The normalized spacial score (nSPS) is 23.1. The molecule has 2 rings (SSSR count). The predicted molar refractivity (Wildman–Crippen MR) is 84.1 cm³/mol. The summed E-state index contributed by atoms with van der Waals surface area (Å²) < 4.78 is 24.8. The maximum Gasteiger partial charge on any atom is 0.179 e. The van der Waals surface area contributed by atoms with E-state index in [9.17, 15) is 13.5 Å². The molecular weight excluding hydrogens is 300 g/mol. The molecule has 1 aliphatic heterocycles. The second-order valence-corrected chi connectivity index (χ2v) is 7.97. The molecule has 6 heteroatoms. The molecule has 1 aromatic carbocycles. The van der Waals surface area contributed by atoms with Gasteiger partial charge in [-0.15, -0.1) is 0 Å². The lowest BCUT2D eigenvalue weighted by Gasteiger charge is -2.38. The number of sulfone groups is 1. The minimum Gasteiger partial charge on any atom is -0.395 e. The highest BCUT2D eigenvalue weighted by molar-refractivity contribution is 7.91. The Balaban J connectivity index is 2.07. The zero-order valence-electron chi connectivity index (χ0n) is 12.8. The first-order valence-electron chi connectivity index (χ1n) is 7.56. The molecule has 0 radical (unpaired) electrons. The van der Waals surface area contributed by atoms with E-state index in [0.717, 1.165) is 19.4 Å². The van der Waals surface area contributed by atoms with Crippen molar-refractivity contribution in [2.45, 2.75) is 30.7 Å². The van der Waals surface area contributed by atoms with Crippen molar-refractivity contribution in [3.63, 3.8) is 0 Å². The highest BCUT2D eigenvalue weighted by Crippen LogP contribution is 2.23. The summed E-state index contributed by atoms with van der Waals surface area (Å²) in [5.74, 6) is 0.383. The van der Waals surface area contributed by atoms with Crippen molar-refractivity contribution in [3.05, 3.63) is 29.8 Å². The molecule has 1 aliphatic rings. The van der Waals surface area contributed by atoms with Gasteiger partial charge in [0.2, 0.25) is 0 Å². The maximum atomic E-state index is 12.4. The van der Waals surface area contributed by atoms with Gasteiger partial charge in [-0.3, -0.25) is 4.90 Å². The summed E-state index contributed by atoms with van der Waals surface area (Å²) >= 11 is 0. The van der Waals surface area contributed by atoms with E-state index in [1.165, 1.54) is 12.1 Å². The monoisotopic (exact) mass is 322 g/mol. The van der Waals surface area contributed by atoms with Crippen LogP contribution in [0.15, 0.2) is 29.2 Å². The summed E-state index contributed by atoms with van der Waals surface area (Å²) in [5, 5.41) is 18.4. The number of nitriles is 1. The minimum atomic E-state index is -3.42. The first kappa shape index (κ1) is 16.9. The molecule has 5 nitrogen and oxygen atoms in total. The molecule has 0 bridgehead atoms. The van der Waals surface area contributed by atoms with Crippen LogP contribution in [0.25, 0.3) is 0 Å². The van der Waals surface area contributed by atoms with Gasteiger partial charge in [0, 0.05) is 12.6 Å². The molecule has 0 aliphatic carbocycles. The molecule has 1 saturated heterocycles. The SMILES string of the molecule is CC1CCCN(CCS(=O)(=O)c2cccc(C#N)c2)C1CO. The summed E-state index contributed by atoms with van der Waals surface area (Å²) in [6.07, 6.45) is 2.10. The minimum absolute atomic E-state index is 0.00506. The lowest BCUT2D eigenvalue weighted by atomic mass is 9.91. The van der Waals surface area contributed by atoms with Crippen LogP contribution in [0.3, 0.4) is 0 Å². The fourth-order valence-electron chi connectivity index (χ4n) is 3.02. The van der Waals surface area contributed by atoms with Gasteiger partial charge in [-0.2, -0.15) is 5.26 Å². The number of hydrogen-bond donors (Lipinski definition) is 1. The average molecular weight is 322 g/mol. The van der Waals surface area contributed by atoms with Gasteiger partial charge >= 0.3 is 0 Å². The van der Waals surface area contributed by atoms with E-state index in [1.54, 1.807) is 12.1 Å². The molecule has 0 aromatic heterocycles. The molecule has 1 N–H and O–H groups in total. The van der Waals surface area contributed by atoms with Gasteiger partial charge in [-0.25, -0.2) is 8.42 Å². The molecule has 1 fully saturated rings. The Kier molecular flexibility index (Phi) is 5.57. The number of aliphatic hydroxyl groups excluding tert-OH is 1. The standard InChI is InChI=1S/C16H22N2O3S/c1-13-4-3-7-18(16(13)12-19)8-9-22(20,21)15-6-2-5-14(10-15)11-17/h2,5-6,10,13,16,19H,3-4,7-9,12H2,1H3. The molecule has 0 saturated carbocycles. The Morgan fingerprint density at radius 3 is 2.91 bits per heavy atom. The largest absolute Gasteiger partial charge is 0.395 e. The fraction of sp³-hybridized carbons (Fsp3) is 0.562. The third-order valence-electron chi connectivity index (χ3n) is 4.39. The third-order valence-corrected chi connectivity index (χ3v) is 6.08. The summed E-state index contributed by atoms with van der Waals surface area (Å²) in [7, 11) is -3.42. The zero-order valence-corrected chi connectivity index (χ0v) is 13.6. The van der Waals surface area contributed by atoms with Gasteiger partial charge in [0.15, 0.2) is 9.84 Å². The lowest BCUT2D eigenvalue weighted by molar-refractivity contribution is 0.0578. The Hall–Kier alpha value is -1.42. The lowest BCUT2D eigenvalue weighted by Crippen LogP contribution is -2.48. The molecule has 120 valence electrons. The number of rotatable bonds is 5. The smallest absolute Gasteiger partial charge is 0.179 e. The Labute approximate surface area is 132 Å². The van der Waals surface area contributed by atoms with E-state index in [-0.39, 0.29) is 23.3 Å². The van der Waals surface area contributed by atoms with Crippen molar-refractivity contribution >= 4 is 9.84 Å². The molecule has 22 heavy (non-hydrogen) atoms. The van der Waals surface area contributed by atoms with Crippen molar-refractivity contribution in [3.8, 4) is 6.07 Å². The van der Waals surface area contributed by atoms with Crippen LogP contribution in [0.2, 0.25) is 0 Å². The fourth-order valence-corrected chi connectivity index (χ4v) is 4.32. The first-order valence-corrected chi connectivity index (χ1v) is 9.21. The third kappa shape index (κ3) is 3.86. The number of likely N-dealkylation sites (tertiary alicyclic amines) is 1. The van der Waals surface area contributed by atoms with E-state index < -0.39 is 9.84 Å². The van der Waals surface area contributed by atoms with Crippen molar-refractivity contribution in [2.24, 2.45) is 5.92 Å². The highest BCUT2D eigenvalue weighted by Gasteiger charge is 2.29. The van der Waals surface area contributed by atoms with Crippen LogP contribution in [0, 0.1) is 17.2 Å². The second-order valence-electron chi connectivity index (χ2n) is 5.86. The zero-order chi connectivity index (χ0) is 16.2. The molecule has 2 atom stereocenters. The van der Waals surface area contributed by atoms with E-state index >= 15 is 0 Å². The Morgan fingerprint density at radius 1 is 1.45 bits per heavy atom. The van der Waals surface area contributed by atoms with Crippen LogP contribution in [0.1, 0.15) is 25.3 Å². The van der Waals surface area contributed by atoms with E-state index in [4.69, 9.17) is 5.26 Å². The van der Waals surface area contributed by atoms with Crippen LogP contribution in [-0.4, -0.2) is 49.9 Å². The van der Waals surface area contributed by atoms with E-state index in [0.29, 0.717) is 18.0 Å². The van der Waals surface area contributed by atoms with Crippen molar-refractivity contribution in [1.29, 1.82) is 5.26 Å². The van der Waals surface area contributed by atoms with Gasteiger partial charge < -0.3 is 5.11 Å². The van der Waals surface area contributed by atoms with Crippen LogP contribution >= 0.6 is 0 Å². The second kappa shape index (κ2) is 7.23. The van der Waals surface area contributed by atoms with Crippen molar-refractivity contribution in [2.75, 3.05) is 25.4 Å². The summed E-state index contributed by atoms with van der Waals surface area (Å²) in [5.41, 5.74) is 0.348. The highest BCUT2D eigenvalue weighted by atomic mass is 32.2. The molecule has 0 spiro atoms. The van der Waals surface area contributed by atoms with Gasteiger partial charge in [-0.05, 0) is 43.5 Å². The van der Waals surface area contributed by atoms with Crippen LogP contribution in [-0.2, 0) is 9.84 Å². The maximum absolute atomic E-state index is 12.4. The summed E-state index contributed by atoms with van der Waals surface area (Å²) in [6.45, 7) is 3.39. The Morgan fingerprint density at radius 2 is 2.23 bits per heavy atom. The molecule has 1 aromatic rings. The topological polar surface area (TPSA) is 81.4 Å². The molecule has 2 unspecified atom stereocenters. The van der Waals surface area contributed by atoms with Crippen LogP contribution < -0.4 is 0 Å². The van der Waals surface area contributed by atoms with E-state index in [2.05, 4.69) is 11.8 Å². The molecular formula is C16H22N2O3S. The first-order chi connectivity index (χ1) is 10.5. The van der Waals surface area contributed by atoms with Crippen molar-refractivity contribution in [1.82, 2.24) is 4.90 Å². The number of aliphatic hydroxyl groups is 1. The van der Waals surface area contributed by atoms with Crippen molar-refractivity contribution < 1.29 is 13.5 Å². The molecule has 0 amide bonds. The quantitative estimate of drug-likeness (QED) is 0.887. The number of benzene rings is 1. The summed E-state index contributed by atoms with van der Waals surface area (Å²) in [4.78, 5) is 2.26. The van der Waals surface area contributed by atoms with Gasteiger partial charge in [0.05, 0.1) is 28.9 Å². The van der Waals surface area contributed by atoms with Crippen LogP contribution in [0.4, 0.5) is 0 Å². The van der Waals surface area contributed by atoms with E-state index in [1.807, 2.05) is 6.07 Å². The average Bonchev–Trinajstić information content (AvgIpc) is 2.53. The summed E-state index contributed by atoms with van der Waals surface area (Å²) in [6, 6.07) is 8.11. The van der Waals surface area contributed by atoms with Gasteiger partial charge in [0.25, 0.3) is 0 Å². The number of piperidine rings is 1. The Bertz CT molecular complexity index is 652. The molecule has 1 heterocycles. The number of nitrogens with zero attached hydrogens (tertiary/aromatic N) is 2.